The summed E-state index contributed by atoms with van der Waals surface area (Å²) in [5.74, 6) is 0. The first-order valence-corrected chi connectivity index (χ1v) is 10.2. The molecule has 2 aromatic rings. The zero-order valence-electron chi connectivity index (χ0n) is 16.2. The van der Waals surface area contributed by atoms with E-state index in [0.717, 1.165) is 13.0 Å². The third kappa shape index (κ3) is 5.43. The van der Waals surface area contributed by atoms with Gasteiger partial charge in [0.25, 0.3) is 0 Å². The quantitative estimate of drug-likeness (QED) is 0.506. The summed E-state index contributed by atoms with van der Waals surface area (Å²) in [4.78, 5) is 0. The Kier molecular flexibility index (Phi) is 7.28. The maximum atomic E-state index is 6.09. The number of ether oxygens (including phenoxy) is 2. The minimum Gasteiger partial charge on any atom is -0.373 e. The molecular weight excluding hydrogens is 320 g/mol. The van der Waals surface area contributed by atoms with E-state index in [2.05, 4.69) is 62.4 Å². The molecule has 2 heteroatoms. The molecule has 2 aromatic carbocycles. The first-order chi connectivity index (χ1) is 12.8. The van der Waals surface area contributed by atoms with Gasteiger partial charge in [0, 0.05) is 0 Å². The Balaban J connectivity index is 1.46. The molecule has 1 heterocycles. The van der Waals surface area contributed by atoms with E-state index in [1.165, 1.54) is 54.4 Å². The summed E-state index contributed by atoms with van der Waals surface area (Å²) in [5, 5.41) is 0. The van der Waals surface area contributed by atoms with Crippen molar-refractivity contribution in [3.05, 3.63) is 59.7 Å². The second kappa shape index (κ2) is 9.89. The minimum absolute atomic E-state index is 0.0680. The van der Waals surface area contributed by atoms with Crippen LogP contribution in [0, 0.1) is 6.92 Å². The van der Waals surface area contributed by atoms with E-state index < -0.39 is 0 Å². The van der Waals surface area contributed by atoms with Crippen molar-refractivity contribution in [1.29, 1.82) is 0 Å². The molecule has 2 nitrogen and oxygen atoms in total. The van der Waals surface area contributed by atoms with Crippen LogP contribution in [0.2, 0.25) is 0 Å². The summed E-state index contributed by atoms with van der Waals surface area (Å²) >= 11 is 0. The van der Waals surface area contributed by atoms with E-state index in [9.17, 15) is 0 Å². The van der Waals surface area contributed by atoms with Gasteiger partial charge < -0.3 is 9.47 Å². The SMILES string of the molecule is CCCCCCCC1COC(c2ccc(-c3ccc(C)cc3)cc2)CO1. The molecule has 1 fully saturated rings. The highest BCUT2D eigenvalue weighted by Gasteiger charge is 2.23. The average Bonchev–Trinajstić information content (AvgIpc) is 2.69. The lowest BCUT2D eigenvalue weighted by molar-refractivity contribution is -0.137. The maximum absolute atomic E-state index is 6.09. The van der Waals surface area contributed by atoms with Gasteiger partial charge in [0.05, 0.1) is 19.3 Å². The van der Waals surface area contributed by atoms with Gasteiger partial charge in [0.2, 0.25) is 0 Å². The molecule has 0 aromatic heterocycles. The van der Waals surface area contributed by atoms with E-state index in [1.54, 1.807) is 0 Å². The summed E-state index contributed by atoms with van der Waals surface area (Å²) in [6.07, 6.45) is 8.04. The van der Waals surface area contributed by atoms with Crippen LogP contribution in [0.3, 0.4) is 0 Å². The Morgan fingerprint density at radius 2 is 1.42 bits per heavy atom. The van der Waals surface area contributed by atoms with Crippen molar-refractivity contribution in [1.82, 2.24) is 0 Å². The summed E-state index contributed by atoms with van der Waals surface area (Å²) in [6.45, 7) is 5.76. The molecule has 0 N–H and O–H groups in total. The zero-order valence-corrected chi connectivity index (χ0v) is 16.2. The van der Waals surface area contributed by atoms with E-state index in [4.69, 9.17) is 9.47 Å². The zero-order chi connectivity index (χ0) is 18.2. The minimum atomic E-state index is 0.0680. The predicted octanol–water partition coefficient (Wildman–Crippen LogP) is 6.48. The van der Waals surface area contributed by atoms with Crippen LogP contribution in [0.25, 0.3) is 11.1 Å². The molecule has 2 atom stereocenters. The molecule has 1 aliphatic rings. The van der Waals surface area contributed by atoms with E-state index >= 15 is 0 Å². The van der Waals surface area contributed by atoms with Gasteiger partial charge in [-0.2, -0.15) is 0 Å². The molecule has 0 spiro atoms. The number of rotatable bonds is 8. The van der Waals surface area contributed by atoms with E-state index in [-0.39, 0.29) is 12.2 Å². The third-order valence-electron chi connectivity index (χ3n) is 5.26. The molecule has 1 aliphatic heterocycles. The largest absolute Gasteiger partial charge is 0.373 e. The van der Waals surface area contributed by atoms with Crippen LogP contribution in [0.1, 0.15) is 62.7 Å². The Bertz CT molecular complexity index is 637. The van der Waals surface area contributed by atoms with Crippen LogP contribution in [-0.4, -0.2) is 19.3 Å². The van der Waals surface area contributed by atoms with Crippen molar-refractivity contribution in [2.45, 2.75) is 64.6 Å². The van der Waals surface area contributed by atoms with Crippen LogP contribution in [0.5, 0.6) is 0 Å². The molecule has 0 aliphatic carbocycles. The summed E-state index contributed by atoms with van der Waals surface area (Å²) in [5.41, 5.74) is 5.00. The Morgan fingerprint density at radius 1 is 0.769 bits per heavy atom. The molecule has 0 radical (unpaired) electrons. The van der Waals surface area contributed by atoms with Gasteiger partial charge in [-0.25, -0.2) is 0 Å². The van der Waals surface area contributed by atoms with Crippen molar-refractivity contribution in [3.63, 3.8) is 0 Å². The van der Waals surface area contributed by atoms with Gasteiger partial charge in [0.1, 0.15) is 6.10 Å². The number of hydrogen-bond donors (Lipinski definition) is 0. The number of aryl methyl sites for hydroxylation is 1. The average molecular weight is 353 g/mol. The normalized spacial score (nSPS) is 20.2. The van der Waals surface area contributed by atoms with Gasteiger partial charge in [-0.1, -0.05) is 93.1 Å². The lowest BCUT2D eigenvalue weighted by Crippen LogP contribution is -2.31. The van der Waals surface area contributed by atoms with Gasteiger partial charge in [-0.3, -0.25) is 0 Å². The predicted molar refractivity (Wildman–Crippen MR) is 108 cm³/mol. The van der Waals surface area contributed by atoms with Crippen molar-refractivity contribution >= 4 is 0 Å². The lowest BCUT2D eigenvalue weighted by Gasteiger charge is -2.30. The molecule has 2 unspecified atom stereocenters. The highest BCUT2D eigenvalue weighted by atomic mass is 16.6. The lowest BCUT2D eigenvalue weighted by atomic mass is 10.0. The molecular formula is C24H32O2. The van der Waals surface area contributed by atoms with Gasteiger partial charge in [0.15, 0.2) is 0 Å². The highest BCUT2D eigenvalue weighted by Crippen LogP contribution is 2.27. The van der Waals surface area contributed by atoms with Crippen molar-refractivity contribution in [2.75, 3.05) is 13.2 Å². The smallest absolute Gasteiger partial charge is 0.106 e. The molecule has 0 bridgehead atoms. The van der Waals surface area contributed by atoms with Gasteiger partial charge in [-0.05, 0) is 30.0 Å². The van der Waals surface area contributed by atoms with Crippen LogP contribution in [-0.2, 0) is 9.47 Å². The number of hydrogen-bond acceptors (Lipinski definition) is 2. The van der Waals surface area contributed by atoms with E-state index in [0.29, 0.717) is 6.61 Å². The molecule has 3 rings (SSSR count). The van der Waals surface area contributed by atoms with Crippen molar-refractivity contribution in [2.24, 2.45) is 0 Å². The standard InChI is InChI=1S/C24H32O2/c1-3-4-5-6-7-8-23-17-26-24(18-25-23)22-15-13-21(14-16-22)20-11-9-19(2)10-12-20/h9-16,23-24H,3-8,17-18H2,1-2H3. The van der Waals surface area contributed by atoms with Gasteiger partial charge >= 0.3 is 0 Å². The Labute approximate surface area is 158 Å². The molecule has 1 saturated heterocycles. The van der Waals surface area contributed by atoms with Crippen molar-refractivity contribution < 1.29 is 9.47 Å². The monoisotopic (exact) mass is 352 g/mol. The third-order valence-corrected chi connectivity index (χ3v) is 5.26. The summed E-state index contributed by atoms with van der Waals surface area (Å²) < 4.78 is 12.1. The Hall–Kier alpha value is -1.64. The molecule has 0 amide bonds. The first-order valence-electron chi connectivity index (χ1n) is 10.2. The second-order valence-corrected chi connectivity index (χ2v) is 7.47. The van der Waals surface area contributed by atoms with Crippen LogP contribution in [0.15, 0.2) is 48.5 Å². The van der Waals surface area contributed by atoms with E-state index in [1.807, 2.05) is 0 Å². The molecule has 26 heavy (non-hydrogen) atoms. The summed E-state index contributed by atoms with van der Waals surface area (Å²) in [6, 6.07) is 17.4. The van der Waals surface area contributed by atoms with Crippen LogP contribution < -0.4 is 0 Å². The molecule has 140 valence electrons. The maximum Gasteiger partial charge on any atom is 0.106 e. The fourth-order valence-corrected chi connectivity index (χ4v) is 3.51. The van der Waals surface area contributed by atoms with Gasteiger partial charge in [-0.15, -0.1) is 0 Å². The number of unbranched alkanes of at least 4 members (excludes halogenated alkanes) is 4. The van der Waals surface area contributed by atoms with Crippen LogP contribution in [0.4, 0.5) is 0 Å². The van der Waals surface area contributed by atoms with Crippen molar-refractivity contribution in [3.8, 4) is 11.1 Å². The van der Waals surface area contributed by atoms with Crippen LogP contribution >= 0.6 is 0 Å². The first kappa shape index (κ1) is 19.1. The fourth-order valence-electron chi connectivity index (χ4n) is 3.51. The summed E-state index contributed by atoms with van der Waals surface area (Å²) in [7, 11) is 0. The topological polar surface area (TPSA) is 18.5 Å². The number of benzene rings is 2. The molecule has 0 saturated carbocycles. The highest BCUT2D eigenvalue weighted by molar-refractivity contribution is 5.64. The fraction of sp³-hybridized carbons (Fsp3) is 0.500. The second-order valence-electron chi connectivity index (χ2n) is 7.47. The Morgan fingerprint density at radius 3 is 2.04 bits per heavy atom.